The van der Waals surface area contributed by atoms with Crippen LogP contribution in [0.4, 0.5) is 4.79 Å². The molecule has 3 heterocycles. The molecule has 0 bridgehead atoms. The highest BCUT2D eigenvalue weighted by molar-refractivity contribution is 6.05. The summed E-state index contributed by atoms with van der Waals surface area (Å²) in [5.41, 5.74) is 3.32. The maximum Gasteiger partial charge on any atom is 0.328 e. The first kappa shape index (κ1) is 21.4. The van der Waals surface area contributed by atoms with Crippen molar-refractivity contribution in [2.24, 2.45) is 4.99 Å². The Morgan fingerprint density at radius 2 is 1.71 bits per heavy atom. The van der Waals surface area contributed by atoms with E-state index in [9.17, 15) is 9.59 Å². The fourth-order valence-corrected chi connectivity index (χ4v) is 4.61. The van der Waals surface area contributed by atoms with Gasteiger partial charge in [-0.1, -0.05) is 30.3 Å². The van der Waals surface area contributed by atoms with Crippen LogP contribution in [0.2, 0.25) is 0 Å². The number of carbonyl (C=O) groups is 2. The molecule has 2 unspecified atom stereocenters. The van der Waals surface area contributed by atoms with Gasteiger partial charge in [0.15, 0.2) is 12.2 Å². The monoisotopic (exact) mass is 425 g/mol. The molecule has 31 heavy (non-hydrogen) atoms. The maximum atomic E-state index is 13.5. The second-order valence-corrected chi connectivity index (χ2v) is 8.30. The molecular weight excluding hydrogens is 394 g/mol. The zero-order chi connectivity index (χ0) is 22.1. The molecule has 0 aromatic heterocycles. The summed E-state index contributed by atoms with van der Waals surface area (Å²) in [7, 11) is 3.43. The van der Waals surface area contributed by atoms with Gasteiger partial charge in [-0.15, -0.1) is 0 Å². The molecule has 2 atom stereocenters. The van der Waals surface area contributed by atoms with Crippen molar-refractivity contribution in [1.29, 1.82) is 0 Å². The van der Waals surface area contributed by atoms with Gasteiger partial charge in [-0.25, -0.2) is 9.79 Å². The Kier molecular flexibility index (Phi) is 6.00. The molecule has 3 aliphatic heterocycles. The van der Waals surface area contributed by atoms with E-state index in [1.807, 2.05) is 30.0 Å². The third kappa shape index (κ3) is 3.69. The van der Waals surface area contributed by atoms with Gasteiger partial charge in [0.2, 0.25) is 5.96 Å². The number of amides is 3. The van der Waals surface area contributed by atoms with Crippen LogP contribution in [0, 0.1) is 0 Å². The minimum atomic E-state index is -0.503. The van der Waals surface area contributed by atoms with E-state index in [1.54, 1.807) is 19.1 Å². The molecule has 4 rings (SSSR count). The minimum absolute atomic E-state index is 0.161. The predicted octanol–water partition coefficient (Wildman–Crippen LogP) is 2.48. The molecular formula is C23H31N5O3. The van der Waals surface area contributed by atoms with Gasteiger partial charge in [-0.05, 0) is 38.7 Å². The molecule has 3 amide bonds. The van der Waals surface area contributed by atoms with Gasteiger partial charge < -0.3 is 14.5 Å². The summed E-state index contributed by atoms with van der Waals surface area (Å²) in [5, 5.41) is 0. The van der Waals surface area contributed by atoms with E-state index < -0.39 is 12.2 Å². The van der Waals surface area contributed by atoms with Gasteiger partial charge in [0.1, 0.15) is 0 Å². The van der Waals surface area contributed by atoms with Crippen LogP contribution in [0.1, 0.15) is 32.3 Å². The van der Waals surface area contributed by atoms with Crippen molar-refractivity contribution in [3.63, 3.8) is 0 Å². The number of carbonyl (C=O) groups excluding carboxylic acids is 2. The van der Waals surface area contributed by atoms with Crippen molar-refractivity contribution in [1.82, 2.24) is 19.6 Å². The van der Waals surface area contributed by atoms with Crippen LogP contribution in [0.25, 0.3) is 0 Å². The summed E-state index contributed by atoms with van der Waals surface area (Å²) in [4.78, 5) is 38.4. The molecule has 166 valence electrons. The zero-order valence-corrected chi connectivity index (χ0v) is 18.7. The zero-order valence-electron chi connectivity index (χ0n) is 18.7. The smallest absolute Gasteiger partial charge is 0.328 e. The lowest BCUT2D eigenvalue weighted by Gasteiger charge is -2.40. The molecule has 0 aliphatic carbocycles. The number of rotatable bonds is 8. The van der Waals surface area contributed by atoms with Crippen molar-refractivity contribution in [2.45, 2.75) is 45.3 Å². The van der Waals surface area contributed by atoms with Gasteiger partial charge in [0.05, 0.1) is 0 Å². The molecule has 0 saturated carbocycles. The molecule has 1 aromatic rings. The van der Waals surface area contributed by atoms with E-state index >= 15 is 0 Å². The molecule has 1 aromatic carbocycles. The summed E-state index contributed by atoms with van der Waals surface area (Å²) in [6.45, 7) is 5.90. The Bertz CT molecular complexity index is 913. The second-order valence-electron chi connectivity index (χ2n) is 8.30. The first-order valence-corrected chi connectivity index (χ1v) is 10.9. The van der Waals surface area contributed by atoms with Crippen LogP contribution < -0.4 is 0 Å². The predicted molar refractivity (Wildman–Crippen MR) is 118 cm³/mol. The van der Waals surface area contributed by atoms with Crippen molar-refractivity contribution in [3.05, 3.63) is 47.3 Å². The fraction of sp³-hybridized carbons (Fsp3) is 0.522. The molecule has 1 fully saturated rings. The fourth-order valence-electron chi connectivity index (χ4n) is 4.61. The number of nitrogens with zero attached hydrogens (tertiary/aromatic N) is 5. The van der Waals surface area contributed by atoms with Crippen molar-refractivity contribution < 1.29 is 14.3 Å². The number of benzene rings is 1. The summed E-state index contributed by atoms with van der Waals surface area (Å²) in [5.74, 6) is 0.603. The van der Waals surface area contributed by atoms with Crippen LogP contribution in [-0.4, -0.2) is 83.6 Å². The molecule has 0 spiro atoms. The minimum Gasteiger partial charge on any atom is -0.385 e. The second kappa shape index (κ2) is 8.70. The topological polar surface area (TPSA) is 68.7 Å². The lowest BCUT2D eigenvalue weighted by atomic mass is 10.1. The number of aliphatic imine (C=N–C) groups is 1. The van der Waals surface area contributed by atoms with Crippen LogP contribution in [0.3, 0.4) is 0 Å². The van der Waals surface area contributed by atoms with Crippen LogP contribution in [0.15, 0.2) is 46.7 Å². The number of fused-ring (bicyclic) bond motifs is 3. The number of methoxy groups -OCH3 is 1. The SMILES string of the molecule is COCCCN1C2=NC3C(C(=O)N(CCCc4ccccc4)C(=O)N3C)N2C(C)=C1C. The standard InChI is InChI=1S/C23H31N5O3/c1-16-17(2)28-19-20(24-22(28)26(16)14-9-15-31-4)25(3)23(30)27(21(19)29)13-8-12-18-10-6-5-7-11-18/h5-7,10-11,19-20H,8-9,12-15H2,1-4H3. The lowest BCUT2D eigenvalue weighted by Crippen LogP contribution is -2.64. The summed E-state index contributed by atoms with van der Waals surface area (Å²) in [6.07, 6.45) is 1.93. The Hall–Kier alpha value is -2.87. The van der Waals surface area contributed by atoms with E-state index in [-0.39, 0.29) is 11.9 Å². The normalized spacial score (nSPS) is 23.0. The maximum absolute atomic E-state index is 13.5. The van der Waals surface area contributed by atoms with E-state index in [0.717, 1.165) is 43.2 Å². The highest BCUT2D eigenvalue weighted by Crippen LogP contribution is 2.37. The largest absolute Gasteiger partial charge is 0.385 e. The van der Waals surface area contributed by atoms with Gasteiger partial charge in [0, 0.05) is 45.2 Å². The number of aryl methyl sites for hydroxylation is 1. The molecule has 1 saturated heterocycles. The van der Waals surface area contributed by atoms with Gasteiger partial charge >= 0.3 is 6.03 Å². The van der Waals surface area contributed by atoms with E-state index in [4.69, 9.17) is 9.73 Å². The van der Waals surface area contributed by atoms with E-state index in [2.05, 4.69) is 24.0 Å². The Morgan fingerprint density at radius 1 is 1.00 bits per heavy atom. The van der Waals surface area contributed by atoms with E-state index in [0.29, 0.717) is 13.2 Å². The average Bonchev–Trinajstić information content (AvgIpc) is 3.27. The molecule has 3 aliphatic rings. The quantitative estimate of drug-likeness (QED) is 0.599. The number of hydrogen-bond donors (Lipinski definition) is 0. The highest BCUT2D eigenvalue weighted by Gasteiger charge is 2.55. The number of guanidine groups is 1. The van der Waals surface area contributed by atoms with Gasteiger partial charge in [0.25, 0.3) is 5.91 Å². The van der Waals surface area contributed by atoms with Crippen LogP contribution in [-0.2, 0) is 16.0 Å². The average molecular weight is 426 g/mol. The number of imide groups is 1. The van der Waals surface area contributed by atoms with Crippen LogP contribution in [0.5, 0.6) is 0 Å². The molecule has 0 N–H and O–H groups in total. The Balaban J connectivity index is 1.50. The van der Waals surface area contributed by atoms with Gasteiger partial charge in [-0.3, -0.25) is 14.6 Å². The number of urea groups is 1. The third-order valence-electron chi connectivity index (χ3n) is 6.42. The van der Waals surface area contributed by atoms with Gasteiger partial charge in [-0.2, -0.15) is 0 Å². The number of ether oxygens (including phenoxy) is 1. The highest BCUT2D eigenvalue weighted by atomic mass is 16.5. The third-order valence-corrected chi connectivity index (χ3v) is 6.42. The Labute approximate surface area is 183 Å². The van der Waals surface area contributed by atoms with Crippen molar-refractivity contribution in [3.8, 4) is 0 Å². The summed E-state index contributed by atoms with van der Waals surface area (Å²) < 4.78 is 5.19. The number of likely N-dealkylation sites (N-methyl/N-ethyl adjacent to an activating group) is 1. The number of hydrogen-bond acceptors (Lipinski definition) is 6. The molecule has 8 heteroatoms. The van der Waals surface area contributed by atoms with E-state index in [1.165, 1.54) is 10.5 Å². The molecule has 0 radical (unpaired) electrons. The molecule has 8 nitrogen and oxygen atoms in total. The first-order valence-electron chi connectivity index (χ1n) is 10.9. The lowest BCUT2D eigenvalue weighted by molar-refractivity contribution is -0.136. The number of allylic oxidation sites excluding steroid dienone is 2. The summed E-state index contributed by atoms with van der Waals surface area (Å²) in [6, 6.07) is 9.36. The first-order chi connectivity index (χ1) is 15.0. The van der Waals surface area contributed by atoms with Crippen LogP contribution >= 0.6 is 0 Å². The van der Waals surface area contributed by atoms with Crippen molar-refractivity contribution in [2.75, 3.05) is 33.9 Å². The van der Waals surface area contributed by atoms with Crippen molar-refractivity contribution >= 4 is 17.9 Å². The Morgan fingerprint density at radius 3 is 2.42 bits per heavy atom. The summed E-state index contributed by atoms with van der Waals surface area (Å²) >= 11 is 0.